The van der Waals surface area contributed by atoms with Gasteiger partial charge in [0.15, 0.2) is 0 Å². The second-order valence-electron chi connectivity index (χ2n) is 28.3. The van der Waals surface area contributed by atoms with Gasteiger partial charge < -0.3 is 9.80 Å². The molecule has 538 valence electrons. The van der Waals surface area contributed by atoms with Crippen molar-refractivity contribution in [1.29, 1.82) is 0 Å². The summed E-state index contributed by atoms with van der Waals surface area (Å²) in [4.78, 5) is 4.75. The number of allylic oxidation sites excluding steroid dienone is 6. The van der Waals surface area contributed by atoms with Crippen molar-refractivity contribution in [2.45, 2.75) is 27.7 Å². The molecule has 0 fully saturated rings. The first-order valence-corrected chi connectivity index (χ1v) is 38.5. The normalized spacial score (nSPS) is 11.1. The topological polar surface area (TPSA) is 6.48 Å². The van der Waals surface area contributed by atoms with Gasteiger partial charge in [0.1, 0.15) is 0 Å². The Bertz CT molecular complexity index is 5860. The number of aryl methyl sites for hydroxylation is 4. The van der Waals surface area contributed by atoms with Crippen molar-refractivity contribution in [3.05, 3.63) is 526 Å². The molecule has 0 N–H and O–H groups in total. The zero-order valence-corrected chi connectivity index (χ0v) is 63.8. The lowest BCUT2D eigenvalue weighted by atomic mass is 9.92. The van der Waals surface area contributed by atoms with E-state index in [1.165, 1.54) is 122 Å². The molecule has 0 saturated heterocycles. The molecule has 0 unspecified atom stereocenters. The molecule has 0 saturated carbocycles. The molecule has 2 heteroatoms. The fourth-order valence-corrected chi connectivity index (χ4v) is 14.5. The van der Waals surface area contributed by atoms with Crippen LogP contribution in [0.3, 0.4) is 0 Å². The van der Waals surface area contributed by atoms with E-state index in [9.17, 15) is 0 Å². The minimum Gasteiger partial charge on any atom is -0.310 e. The Kier molecular flexibility index (Phi) is 23.4. The zero-order chi connectivity index (χ0) is 76.2. The third-order valence-electron chi connectivity index (χ3n) is 20.4. The van der Waals surface area contributed by atoms with Gasteiger partial charge in [0.25, 0.3) is 0 Å². The number of fused-ring (bicyclic) bond motifs is 2. The molecule has 0 radical (unpaired) electrons. The largest absolute Gasteiger partial charge is 0.310 e. The summed E-state index contributed by atoms with van der Waals surface area (Å²) in [6.07, 6.45) is 22.1. The smallest absolute Gasteiger partial charge is 0.0540 e. The maximum Gasteiger partial charge on any atom is 0.0540 e. The quantitative estimate of drug-likeness (QED) is 0.0523. The Labute approximate surface area is 661 Å². The van der Waals surface area contributed by atoms with Crippen LogP contribution in [0.25, 0.3) is 68.1 Å². The molecule has 0 aliphatic carbocycles. The molecule has 0 atom stereocenters. The molecule has 0 aliphatic heterocycles. The van der Waals surface area contributed by atoms with Crippen LogP contribution in [0.2, 0.25) is 0 Å². The Hall–Kier alpha value is -14.2. The van der Waals surface area contributed by atoms with E-state index in [4.69, 9.17) is 0 Å². The summed E-state index contributed by atoms with van der Waals surface area (Å²) < 4.78 is 0. The molecule has 112 heavy (non-hydrogen) atoms. The molecule has 0 spiro atoms. The minimum absolute atomic E-state index is 1.10. The molecule has 16 aromatic rings. The van der Waals surface area contributed by atoms with Gasteiger partial charge in [-0.3, -0.25) is 0 Å². The van der Waals surface area contributed by atoms with Crippen LogP contribution in [0.15, 0.2) is 437 Å². The highest BCUT2D eigenvalue weighted by Crippen LogP contribution is 2.44. The van der Waals surface area contributed by atoms with E-state index in [1.807, 2.05) is 0 Å². The Morgan fingerprint density at radius 1 is 0.196 bits per heavy atom. The number of rotatable bonds is 21. The average molecular weight is 1440 g/mol. The van der Waals surface area contributed by atoms with E-state index in [0.717, 1.165) is 45.3 Å². The molecule has 0 aliphatic rings. The van der Waals surface area contributed by atoms with Gasteiger partial charge in [-0.2, -0.15) is 0 Å². The molecular formula is C110H88N2. The molecule has 16 rings (SSSR count). The molecule has 0 heterocycles. The van der Waals surface area contributed by atoms with E-state index in [1.54, 1.807) is 0 Å². The second-order valence-corrected chi connectivity index (χ2v) is 28.3. The summed E-state index contributed by atoms with van der Waals surface area (Å²) in [6.45, 7) is 8.56. The predicted octanol–water partition coefficient (Wildman–Crippen LogP) is 29.9. The van der Waals surface area contributed by atoms with Crippen molar-refractivity contribution in [3.63, 3.8) is 0 Å². The first-order chi connectivity index (χ1) is 55.2. The van der Waals surface area contributed by atoms with Gasteiger partial charge in [-0.1, -0.05) is 417 Å². The second kappa shape index (κ2) is 35.7. The Balaban J connectivity index is 0.000000177. The SMILES string of the molecule is Cc1ccc(C(=Cc2ccc(N(c3ccc(C)cc3)c3ccc(/C=C/C=C(c4ccccc4)c4ccccc4)cc3)c3ccccc23)c2ccc(C)cc2)cc1.Cc1ccc(N(c2ccc(/C=C/C=C(c3ccccc3)c3ccccc3)cc2)c2ccc(/C=C/C=C(c3ccccc3)c3ccccc3)c3ccccc23)cc1. The van der Waals surface area contributed by atoms with Crippen LogP contribution in [0.1, 0.15) is 89.0 Å². The van der Waals surface area contributed by atoms with Crippen LogP contribution in [0.4, 0.5) is 34.1 Å². The molecule has 0 bridgehead atoms. The van der Waals surface area contributed by atoms with Crippen molar-refractivity contribution in [1.82, 2.24) is 0 Å². The maximum absolute atomic E-state index is 2.38. The van der Waals surface area contributed by atoms with Crippen molar-refractivity contribution < 1.29 is 0 Å². The zero-order valence-electron chi connectivity index (χ0n) is 63.8. The van der Waals surface area contributed by atoms with Crippen molar-refractivity contribution >= 4 is 102 Å². The molecule has 16 aromatic carbocycles. The van der Waals surface area contributed by atoms with E-state index < -0.39 is 0 Å². The van der Waals surface area contributed by atoms with E-state index in [0.29, 0.717) is 0 Å². The number of nitrogens with zero attached hydrogens (tertiary/aromatic N) is 2. The fraction of sp³-hybridized carbons (Fsp3) is 0.0364. The van der Waals surface area contributed by atoms with E-state index >= 15 is 0 Å². The van der Waals surface area contributed by atoms with E-state index in [2.05, 4.69) is 499 Å². The number of benzene rings is 16. The van der Waals surface area contributed by atoms with Gasteiger partial charge in [0.05, 0.1) is 11.4 Å². The Morgan fingerprint density at radius 3 is 0.750 bits per heavy atom. The fourth-order valence-electron chi connectivity index (χ4n) is 14.5. The third-order valence-corrected chi connectivity index (χ3v) is 20.4. The van der Waals surface area contributed by atoms with Gasteiger partial charge in [-0.25, -0.2) is 0 Å². The molecule has 0 amide bonds. The first kappa shape index (κ1) is 73.3. The van der Waals surface area contributed by atoms with Crippen molar-refractivity contribution in [2.24, 2.45) is 0 Å². The van der Waals surface area contributed by atoms with Crippen LogP contribution >= 0.6 is 0 Å². The van der Waals surface area contributed by atoms with Crippen LogP contribution in [-0.2, 0) is 0 Å². The van der Waals surface area contributed by atoms with Gasteiger partial charge >= 0.3 is 0 Å². The summed E-state index contributed by atoms with van der Waals surface area (Å²) >= 11 is 0. The summed E-state index contributed by atoms with van der Waals surface area (Å²) in [5.41, 5.74) is 30.7. The van der Waals surface area contributed by atoms with Crippen LogP contribution in [-0.4, -0.2) is 0 Å². The number of hydrogen-bond acceptors (Lipinski definition) is 2. The highest BCUT2D eigenvalue weighted by molar-refractivity contribution is 6.07. The molecule has 0 aromatic heterocycles. The first-order valence-electron chi connectivity index (χ1n) is 38.5. The highest BCUT2D eigenvalue weighted by atomic mass is 15.1. The lowest BCUT2D eigenvalue weighted by Gasteiger charge is -2.27. The van der Waals surface area contributed by atoms with Crippen LogP contribution in [0.5, 0.6) is 0 Å². The van der Waals surface area contributed by atoms with E-state index in [-0.39, 0.29) is 0 Å². The van der Waals surface area contributed by atoms with Crippen molar-refractivity contribution in [2.75, 3.05) is 9.80 Å². The Morgan fingerprint density at radius 2 is 0.438 bits per heavy atom. The van der Waals surface area contributed by atoms with Gasteiger partial charge in [0, 0.05) is 33.5 Å². The minimum atomic E-state index is 1.10. The summed E-state index contributed by atoms with van der Waals surface area (Å²) in [5.74, 6) is 0. The lowest BCUT2D eigenvalue weighted by Crippen LogP contribution is -2.10. The highest BCUT2D eigenvalue weighted by Gasteiger charge is 2.20. The third kappa shape index (κ3) is 17.8. The predicted molar refractivity (Wildman–Crippen MR) is 483 cm³/mol. The van der Waals surface area contributed by atoms with Crippen LogP contribution in [0, 0.1) is 27.7 Å². The monoisotopic (exact) mass is 1440 g/mol. The molecule has 2 nitrogen and oxygen atoms in total. The standard InChI is InChI=1S/C55H45N.C55H43N/c1-40-21-29-46(30-22-40)54(47-31-23-41(2)24-32-47)39-48-33-38-55(53-19-11-10-18-52(48)53)56(49-34-25-42(3)26-35-49)50-36-27-43(28-37-50)13-12-20-51(44-14-6-4-7-15-44)45-16-8-5-9-17-45;1-42-32-37-49(38-33-42)56(50-39-34-43(35-40-50)18-16-30-51(44-19-6-2-7-20-44)45-21-8-3-9-22-45)55-41-36-48(53-28-14-15-29-54(53)55)27-17-31-52(46-23-10-4-11-24-46)47-25-12-5-13-26-47/h4-39H,1-3H3;2-41H,1H3/b13-12+;18-16+,27-17+. The van der Waals surface area contributed by atoms with Gasteiger partial charge in [0.2, 0.25) is 0 Å². The number of anilines is 6. The lowest BCUT2D eigenvalue weighted by molar-refractivity contribution is 1.29. The summed E-state index contributed by atoms with van der Waals surface area (Å²) in [6, 6.07) is 143. The average Bonchev–Trinajstić information content (AvgIpc) is 0.770. The maximum atomic E-state index is 2.38. The number of hydrogen-bond donors (Lipinski definition) is 0. The summed E-state index contributed by atoms with van der Waals surface area (Å²) in [7, 11) is 0. The van der Waals surface area contributed by atoms with Crippen molar-refractivity contribution in [3.8, 4) is 0 Å². The summed E-state index contributed by atoms with van der Waals surface area (Å²) in [5, 5.41) is 4.79. The van der Waals surface area contributed by atoms with Gasteiger partial charge in [-0.15, -0.1) is 0 Å². The molecular weight excluding hydrogens is 1350 g/mol. The van der Waals surface area contributed by atoms with Gasteiger partial charge in [-0.05, 0) is 194 Å². The van der Waals surface area contributed by atoms with Crippen LogP contribution < -0.4 is 9.80 Å².